The van der Waals surface area contributed by atoms with E-state index in [1.807, 2.05) is 56.3 Å². The van der Waals surface area contributed by atoms with Crippen molar-refractivity contribution >= 4 is 60.7 Å². The van der Waals surface area contributed by atoms with Crippen LogP contribution in [0.5, 0.6) is 5.75 Å². The second kappa shape index (κ2) is 13.3. The van der Waals surface area contributed by atoms with Gasteiger partial charge >= 0.3 is 283 Å². The zero-order valence-corrected chi connectivity index (χ0v) is 30.7. The van der Waals surface area contributed by atoms with Crippen molar-refractivity contribution in [3.8, 4) is 5.75 Å². The molecule has 6 rings (SSSR count). The first-order chi connectivity index (χ1) is 21.6. The van der Waals surface area contributed by atoms with E-state index in [2.05, 4.69) is 12.2 Å². The average molecular weight is 871 g/mol. The number of hydrogen-bond acceptors (Lipinski definition) is 7. The van der Waals surface area contributed by atoms with E-state index in [9.17, 15) is 16.8 Å². The van der Waals surface area contributed by atoms with Gasteiger partial charge < -0.3 is 0 Å². The molecule has 45 heavy (non-hydrogen) atoms. The van der Waals surface area contributed by atoms with Crippen LogP contribution < -0.4 is 4.74 Å². The second-order valence-electron chi connectivity index (χ2n) is 10.6. The summed E-state index contributed by atoms with van der Waals surface area (Å²) in [6.07, 6.45) is 4.94. The molecule has 0 aliphatic heterocycles. The fourth-order valence-corrected chi connectivity index (χ4v) is 23.3. The Morgan fingerprint density at radius 3 is 1.42 bits per heavy atom. The number of methoxy groups -OCH3 is 1. The molecule has 0 radical (unpaired) electrons. The Morgan fingerprint density at radius 1 is 0.578 bits per heavy atom. The molecule has 0 amide bonds. The zero-order chi connectivity index (χ0) is 31.8. The van der Waals surface area contributed by atoms with Crippen molar-refractivity contribution < 1.29 is 26.6 Å². The number of halogens is 2. The molecule has 0 saturated heterocycles. The van der Waals surface area contributed by atoms with Crippen LogP contribution in [0.4, 0.5) is 0 Å². The summed E-state index contributed by atoms with van der Waals surface area (Å²) in [5.74, 6) is 0.510. The minimum atomic E-state index is -4.15. The maximum absolute atomic E-state index is 13.8. The SMILES string of the molecule is COc1ccc(I(OS(=O)(=O)c2ccc(C)cc2)C2=C(I(OS(=O)(=O)c3ccc(C)cc3)c3ccccc3)C3C=CC2C3)cc1. The van der Waals surface area contributed by atoms with E-state index >= 15 is 0 Å². The number of fused-ring (bicyclic) bond motifs is 2. The molecule has 0 heterocycles. The summed E-state index contributed by atoms with van der Waals surface area (Å²) in [7, 11) is -6.71. The summed E-state index contributed by atoms with van der Waals surface area (Å²) < 4.78 is 76.7. The summed E-state index contributed by atoms with van der Waals surface area (Å²) in [4.78, 5) is 0.178. The first-order valence-electron chi connectivity index (χ1n) is 14.1. The summed E-state index contributed by atoms with van der Waals surface area (Å²) in [5, 5.41) is 0. The van der Waals surface area contributed by atoms with Crippen LogP contribution in [-0.4, -0.2) is 23.9 Å². The summed E-state index contributed by atoms with van der Waals surface area (Å²) in [6, 6.07) is 30.0. The third kappa shape index (κ3) is 6.93. The molecule has 0 aromatic heterocycles. The second-order valence-corrected chi connectivity index (χ2v) is 23.5. The number of hydrogen-bond donors (Lipinski definition) is 0. The van der Waals surface area contributed by atoms with E-state index in [0.717, 1.165) is 31.8 Å². The van der Waals surface area contributed by atoms with Crippen molar-refractivity contribution in [1.82, 2.24) is 0 Å². The Morgan fingerprint density at radius 2 is 1.00 bits per heavy atom. The van der Waals surface area contributed by atoms with Crippen molar-refractivity contribution in [2.75, 3.05) is 7.11 Å². The standard InChI is InChI=1S/C34H32I2O7S2/c1-24-9-19-31(20-10-24)44(37,38)42-35(28-7-5-4-6-8-28)33-26-13-14-27(23-26)34(33)36(29-15-17-30(41-3)18-16-29)43-45(39,40)32-21-11-25(2)12-22-32/h4-22,26-27H,23H2,1-3H3. The maximum atomic E-state index is 13.8. The van der Waals surface area contributed by atoms with Crippen LogP contribution in [0.2, 0.25) is 0 Å². The van der Waals surface area contributed by atoms with E-state index in [1.165, 1.54) is 0 Å². The van der Waals surface area contributed by atoms with Crippen LogP contribution in [0.1, 0.15) is 17.5 Å². The first-order valence-corrected chi connectivity index (χ1v) is 23.0. The van der Waals surface area contributed by atoms with Crippen LogP contribution in [-0.2, 0) is 25.3 Å². The molecule has 2 unspecified atom stereocenters. The Labute approximate surface area is 280 Å². The molecule has 2 bridgehead atoms. The number of rotatable bonds is 11. The molecule has 0 fully saturated rings. The molecule has 11 heteroatoms. The van der Waals surface area contributed by atoms with Crippen molar-refractivity contribution in [3.05, 3.63) is 141 Å². The molecule has 0 spiro atoms. The molecule has 4 aromatic carbocycles. The van der Waals surface area contributed by atoms with Crippen molar-refractivity contribution in [2.24, 2.45) is 11.8 Å². The molecule has 7 nitrogen and oxygen atoms in total. The van der Waals surface area contributed by atoms with E-state index in [4.69, 9.17) is 9.76 Å². The molecule has 2 aliphatic carbocycles. The summed E-state index contributed by atoms with van der Waals surface area (Å²) in [6.45, 7) is 3.79. The topological polar surface area (TPSA) is 96.0 Å². The third-order valence-corrected chi connectivity index (χ3v) is 24.3. The predicted octanol–water partition coefficient (Wildman–Crippen LogP) is 8.42. The monoisotopic (exact) mass is 870 g/mol. The molecule has 0 N–H and O–H groups in total. The normalized spacial score (nSPS) is 18.3. The fourth-order valence-electron chi connectivity index (χ4n) is 5.09. The van der Waals surface area contributed by atoms with Crippen molar-refractivity contribution in [3.63, 3.8) is 0 Å². The third-order valence-electron chi connectivity index (χ3n) is 7.42. The Balaban J connectivity index is 1.52. The van der Waals surface area contributed by atoms with Crippen molar-refractivity contribution in [1.29, 1.82) is 0 Å². The van der Waals surface area contributed by atoms with Crippen LogP contribution >= 0.6 is 40.5 Å². The van der Waals surface area contributed by atoms with Crippen LogP contribution in [0.25, 0.3) is 0 Å². The van der Waals surface area contributed by atoms with Gasteiger partial charge in [0.15, 0.2) is 0 Å². The van der Waals surface area contributed by atoms with Gasteiger partial charge in [-0.25, -0.2) is 0 Å². The van der Waals surface area contributed by atoms with Gasteiger partial charge in [0.1, 0.15) is 0 Å². The Hall–Kier alpha value is -2.56. The Kier molecular flexibility index (Phi) is 9.56. The Bertz CT molecular complexity index is 1960. The van der Waals surface area contributed by atoms with E-state index < -0.39 is 60.7 Å². The molecular formula is C34H32I2O7S2. The molecular weight excluding hydrogens is 838 g/mol. The minimum absolute atomic E-state index is 0.0626. The van der Waals surface area contributed by atoms with E-state index in [-0.39, 0.29) is 21.6 Å². The van der Waals surface area contributed by atoms with Crippen LogP contribution in [0.15, 0.2) is 132 Å². The van der Waals surface area contributed by atoms with Gasteiger partial charge in [0.25, 0.3) is 0 Å². The molecule has 0 saturated carbocycles. The number of aryl methyl sites for hydroxylation is 2. The van der Waals surface area contributed by atoms with Crippen molar-refractivity contribution in [2.45, 2.75) is 30.1 Å². The quantitative estimate of drug-likeness (QED) is 0.110. The van der Waals surface area contributed by atoms with Gasteiger partial charge in [-0.2, -0.15) is 0 Å². The van der Waals surface area contributed by atoms with Gasteiger partial charge in [0.2, 0.25) is 0 Å². The van der Waals surface area contributed by atoms with Gasteiger partial charge in [-0.1, -0.05) is 0 Å². The number of benzene rings is 4. The summed E-state index contributed by atoms with van der Waals surface area (Å²) >= 11 is -6.38. The van der Waals surface area contributed by atoms with E-state index in [1.54, 1.807) is 67.8 Å². The molecule has 4 aromatic rings. The van der Waals surface area contributed by atoms with Gasteiger partial charge in [-0.15, -0.1) is 0 Å². The first kappa shape index (κ1) is 32.4. The van der Waals surface area contributed by atoms with Gasteiger partial charge in [-0.05, 0) is 0 Å². The molecule has 2 aliphatic rings. The fraction of sp³-hybridized carbons (Fsp3) is 0.176. The number of ether oxygens (including phenoxy) is 1. The molecule has 2 atom stereocenters. The summed E-state index contributed by atoms with van der Waals surface area (Å²) in [5.41, 5.74) is 1.88. The predicted molar refractivity (Wildman–Crippen MR) is 192 cm³/mol. The van der Waals surface area contributed by atoms with Crippen LogP contribution in [0, 0.1) is 32.8 Å². The van der Waals surface area contributed by atoms with Gasteiger partial charge in [-0.3, -0.25) is 0 Å². The number of allylic oxidation sites excluding steroid dienone is 4. The molecule has 236 valence electrons. The van der Waals surface area contributed by atoms with Crippen LogP contribution in [0.3, 0.4) is 0 Å². The zero-order valence-electron chi connectivity index (χ0n) is 24.8. The van der Waals surface area contributed by atoms with E-state index in [0.29, 0.717) is 5.75 Å². The average Bonchev–Trinajstić information content (AvgIpc) is 3.66. The van der Waals surface area contributed by atoms with Gasteiger partial charge in [0, 0.05) is 0 Å². The van der Waals surface area contributed by atoms with Gasteiger partial charge in [0.05, 0.1) is 0 Å².